The molecule has 0 radical (unpaired) electrons. The van der Waals surface area contributed by atoms with Gasteiger partial charge in [-0.2, -0.15) is 0 Å². The fourth-order valence-electron chi connectivity index (χ4n) is 9.61. The van der Waals surface area contributed by atoms with Crippen molar-refractivity contribution in [2.45, 2.75) is 98.6 Å². The molecular weight excluding hydrogens is 715 g/mol. The molecule has 1 aliphatic heterocycles. The Hall–Kier alpha value is -2.18. The van der Waals surface area contributed by atoms with Crippen LogP contribution in [0.3, 0.4) is 0 Å². The predicted molar refractivity (Wildman–Crippen MR) is 202 cm³/mol. The van der Waals surface area contributed by atoms with Gasteiger partial charge in [0.05, 0.1) is 0 Å². The van der Waals surface area contributed by atoms with Crippen molar-refractivity contribution in [2.75, 3.05) is 0 Å². The summed E-state index contributed by atoms with van der Waals surface area (Å²) < 4.78 is 4.28. The minimum absolute atomic E-state index is 0. The van der Waals surface area contributed by atoms with Gasteiger partial charge in [0, 0.05) is 0 Å². The van der Waals surface area contributed by atoms with Gasteiger partial charge in [-0.15, -0.1) is 0 Å². The van der Waals surface area contributed by atoms with E-state index in [4.69, 9.17) is 0 Å². The zero-order valence-corrected chi connectivity index (χ0v) is 35.7. The van der Waals surface area contributed by atoms with Crippen molar-refractivity contribution >= 4 is 12.2 Å². The average molecular weight is 769 g/mol. The Morgan fingerprint density at radius 1 is 0.469 bits per heavy atom. The van der Waals surface area contributed by atoms with E-state index in [1.807, 2.05) is 0 Å². The van der Waals surface area contributed by atoms with E-state index in [2.05, 4.69) is 144 Å². The molecule has 49 heavy (non-hydrogen) atoms. The van der Waals surface area contributed by atoms with Crippen molar-refractivity contribution in [3.63, 3.8) is 0 Å². The normalized spacial score (nSPS) is 17.8. The monoisotopic (exact) mass is 766 g/mol. The standard InChI is InChI=1S/2C22H25.C2H4.2ClH.Zr/c2*1-13(2)19-11-20-16(5)15(4)17(6)22(21(20)12-19)18-9-7-14(3)8-10-18;1-2;;;/h2*7-13H,1-6H3;1-2H2;2*1H;/q;;;;;+2/p-2. The van der Waals surface area contributed by atoms with E-state index in [0.29, 0.717) is 19.1 Å². The molecule has 0 bridgehead atoms. The second-order valence-corrected chi connectivity index (χ2v) is 27.4. The fraction of sp³-hybridized carbons (Fsp3) is 0.391. The molecule has 1 heterocycles. The van der Waals surface area contributed by atoms with Crippen LogP contribution in [0, 0.1) is 67.2 Å². The third-order valence-corrected chi connectivity index (χ3v) is 25.6. The van der Waals surface area contributed by atoms with Gasteiger partial charge in [-0.3, -0.25) is 0 Å². The van der Waals surface area contributed by atoms with Crippen LogP contribution in [0.25, 0.3) is 34.4 Å². The third kappa shape index (κ3) is 5.83. The van der Waals surface area contributed by atoms with E-state index < -0.39 is 20.3 Å². The SMILES string of the molecule is Cc1ccc(-c2c(C)c(C)c(C)c3c2C=C(C(C)C)[CH]3[Zr+2]2([CH]3C(C(C)C)=Cc4c(-c5ccc(C)cc5)c(C)c(C)c(C)c43)[CH2][CH2]2)cc1.[Cl-].[Cl-]. The van der Waals surface area contributed by atoms with Crippen LogP contribution in [0.1, 0.15) is 102 Å². The summed E-state index contributed by atoms with van der Waals surface area (Å²) in [5, 5.41) is 0. The quantitative estimate of drug-likeness (QED) is 0.192. The van der Waals surface area contributed by atoms with Crippen LogP contribution >= 0.6 is 0 Å². The number of hydrogen-bond donors (Lipinski definition) is 0. The Kier molecular flexibility index (Phi) is 10.7. The van der Waals surface area contributed by atoms with Gasteiger partial charge in [0.2, 0.25) is 0 Å². The molecule has 2 unspecified atom stereocenters. The van der Waals surface area contributed by atoms with E-state index >= 15 is 0 Å². The van der Waals surface area contributed by atoms with Gasteiger partial charge in [0.15, 0.2) is 0 Å². The number of aryl methyl sites for hydroxylation is 2. The first-order valence-electron chi connectivity index (χ1n) is 18.1. The Balaban J connectivity index is 0.00000234. The summed E-state index contributed by atoms with van der Waals surface area (Å²) in [6.07, 6.45) is 5.41. The topological polar surface area (TPSA) is 0 Å². The molecule has 1 saturated heterocycles. The molecule has 7 rings (SSSR count). The van der Waals surface area contributed by atoms with E-state index in [9.17, 15) is 0 Å². The molecule has 3 aliphatic rings. The van der Waals surface area contributed by atoms with Crippen molar-refractivity contribution in [3.8, 4) is 22.3 Å². The first-order chi connectivity index (χ1) is 22.3. The van der Waals surface area contributed by atoms with Crippen LogP contribution in [-0.2, 0) is 20.3 Å². The summed E-state index contributed by atoms with van der Waals surface area (Å²) in [5.41, 5.74) is 27.5. The second kappa shape index (κ2) is 13.8. The smallest absolute Gasteiger partial charge is 1.00 e. The van der Waals surface area contributed by atoms with Crippen LogP contribution in [0.2, 0.25) is 8.26 Å². The molecule has 3 heteroatoms. The van der Waals surface area contributed by atoms with Gasteiger partial charge in [-0.05, 0) is 0 Å². The minimum atomic E-state index is -2.95. The number of allylic oxidation sites excluding steroid dienone is 2. The maximum atomic E-state index is 2.70. The molecule has 0 saturated carbocycles. The maximum Gasteiger partial charge on any atom is -1.00 e. The number of rotatable bonds is 6. The van der Waals surface area contributed by atoms with E-state index in [-0.39, 0.29) is 24.8 Å². The Morgan fingerprint density at radius 2 is 0.796 bits per heavy atom. The molecule has 4 aromatic rings. The molecule has 256 valence electrons. The van der Waals surface area contributed by atoms with Gasteiger partial charge in [-0.1, -0.05) is 0 Å². The molecule has 0 aromatic heterocycles. The fourth-order valence-corrected chi connectivity index (χ4v) is 28.1. The van der Waals surface area contributed by atoms with Crippen LogP contribution in [0.15, 0.2) is 59.7 Å². The van der Waals surface area contributed by atoms with Crippen LogP contribution < -0.4 is 24.8 Å². The summed E-state index contributed by atoms with van der Waals surface area (Å²) >= 11 is -2.95. The van der Waals surface area contributed by atoms with Crippen molar-refractivity contribution in [2.24, 2.45) is 11.8 Å². The molecule has 0 amide bonds. The number of benzene rings is 4. The second-order valence-electron chi connectivity index (χ2n) is 16.1. The molecule has 2 aliphatic carbocycles. The molecule has 0 nitrogen and oxygen atoms in total. The maximum absolute atomic E-state index is 2.95. The molecule has 4 aromatic carbocycles. The van der Waals surface area contributed by atoms with Gasteiger partial charge >= 0.3 is 292 Å². The Labute approximate surface area is 314 Å². The minimum Gasteiger partial charge on any atom is -1.00 e. The largest absolute Gasteiger partial charge is 1.00 e. The van der Waals surface area contributed by atoms with Gasteiger partial charge in [0.1, 0.15) is 0 Å². The summed E-state index contributed by atoms with van der Waals surface area (Å²) in [4.78, 5) is 0. The van der Waals surface area contributed by atoms with E-state index in [1.165, 1.54) is 63.9 Å². The molecule has 2 atom stereocenters. The first kappa shape index (κ1) is 38.1. The van der Waals surface area contributed by atoms with Crippen molar-refractivity contribution < 1.29 is 45.1 Å². The van der Waals surface area contributed by atoms with Crippen LogP contribution in [0.4, 0.5) is 0 Å². The van der Waals surface area contributed by atoms with Gasteiger partial charge in [-0.25, -0.2) is 0 Å². The molecule has 1 fully saturated rings. The van der Waals surface area contributed by atoms with Crippen molar-refractivity contribution in [3.05, 3.63) is 126 Å². The summed E-state index contributed by atoms with van der Waals surface area (Å²) in [6, 6.07) is 18.7. The van der Waals surface area contributed by atoms with Gasteiger partial charge < -0.3 is 24.8 Å². The zero-order chi connectivity index (χ0) is 33.7. The first-order valence-corrected chi connectivity index (χ1v) is 24.4. The van der Waals surface area contributed by atoms with Crippen LogP contribution in [-0.4, -0.2) is 0 Å². The predicted octanol–water partition coefficient (Wildman–Crippen LogP) is 7.39. The summed E-state index contributed by atoms with van der Waals surface area (Å²) in [6.45, 7) is 28.8. The van der Waals surface area contributed by atoms with Crippen LogP contribution in [0.5, 0.6) is 0 Å². The Morgan fingerprint density at radius 3 is 1.08 bits per heavy atom. The summed E-state index contributed by atoms with van der Waals surface area (Å²) in [7, 11) is 0. The van der Waals surface area contributed by atoms with E-state index in [0.717, 1.165) is 0 Å². The van der Waals surface area contributed by atoms with Gasteiger partial charge in [0.25, 0.3) is 0 Å². The van der Waals surface area contributed by atoms with E-state index in [1.54, 1.807) is 44.5 Å². The van der Waals surface area contributed by atoms with Crippen molar-refractivity contribution in [1.29, 1.82) is 0 Å². The average Bonchev–Trinajstić information content (AvgIpc) is 3.56. The zero-order valence-electron chi connectivity index (χ0n) is 31.8. The Bertz CT molecular complexity index is 1860. The molecular formula is C46H54Cl2Zr. The molecule has 0 spiro atoms. The summed E-state index contributed by atoms with van der Waals surface area (Å²) in [5.74, 6) is 1.09. The number of fused-ring (bicyclic) bond motifs is 2. The third-order valence-electron chi connectivity index (χ3n) is 12.8. The number of halogens is 2. The number of hydrogen-bond acceptors (Lipinski definition) is 0. The molecule has 0 N–H and O–H groups in total. The van der Waals surface area contributed by atoms with Crippen molar-refractivity contribution in [1.82, 2.24) is 0 Å².